The van der Waals surface area contributed by atoms with Crippen molar-refractivity contribution < 1.29 is 9.13 Å². The minimum absolute atomic E-state index is 0.0761. The van der Waals surface area contributed by atoms with Crippen LogP contribution in [-0.2, 0) is 6.42 Å². The Balaban J connectivity index is 1.78. The third kappa shape index (κ3) is 1.97. The molecule has 0 aliphatic heterocycles. The summed E-state index contributed by atoms with van der Waals surface area (Å²) in [4.78, 5) is 0. The smallest absolute Gasteiger partial charge is 0.123 e. The third-order valence-electron chi connectivity index (χ3n) is 3.34. The molecule has 3 rings (SSSR count). The van der Waals surface area contributed by atoms with Crippen LogP contribution in [0.2, 0.25) is 0 Å². The molecule has 1 aliphatic carbocycles. The Bertz CT molecular complexity index is 553. The minimum Gasteiger partial charge on any atom is -0.488 e. The molecule has 2 atom stereocenters. The highest BCUT2D eigenvalue weighted by Gasteiger charge is 2.30. The summed E-state index contributed by atoms with van der Waals surface area (Å²) in [5.41, 5.74) is 8.55. The van der Waals surface area contributed by atoms with Gasteiger partial charge in [0.2, 0.25) is 0 Å². The van der Waals surface area contributed by atoms with Gasteiger partial charge in [-0.1, -0.05) is 24.3 Å². The first-order chi connectivity index (χ1) is 8.74. The Kier molecular flexibility index (Phi) is 2.76. The molecule has 0 saturated heterocycles. The number of hydrogen-bond acceptors (Lipinski definition) is 2. The molecule has 0 bridgehead atoms. The number of benzene rings is 2. The van der Waals surface area contributed by atoms with Crippen LogP contribution in [-0.4, -0.2) is 6.10 Å². The first-order valence-corrected chi connectivity index (χ1v) is 5.99. The lowest BCUT2D eigenvalue weighted by atomic mass is 10.1. The molecule has 2 nitrogen and oxygen atoms in total. The van der Waals surface area contributed by atoms with Crippen LogP contribution < -0.4 is 10.5 Å². The van der Waals surface area contributed by atoms with E-state index in [0.717, 1.165) is 12.0 Å². The van der Waals surface area contributed by atoms with Crippen LogP contribution in [0.25, 0.3) is 0 Å². The van der Waals surface area contributed by atoms with Crippen LogP contribution in [0.15, 0.2) is 48.5 Å². The van der Waals surface area contributed by atoms with Crippen molar-refractivity contribution in [2.24, 2.45) is 5.73 Å². The Morgan fingerprint density at radius 2 is 1.78 bits per heavy atom. The first kappa shape index (κ1) is 11.2. The molecule has 0 radical (unpaired) electrons. The molecule has 0 spiro atoms. The van der Waals surface area contributed by atoms with Crippen molar-refractivity contribution in [1.29, 1.82) is 0 Å². The van der Waals surface area contributed by atoms with E-state index in [1.54, 1.807) is 12.1 Å². The van der Waals surface area contributed by atoms with Gasteiger partial charge in [-0.15, -0.1) is 0 Å². The SMILES string of the molecule is NC1c2ccccc2CC1Oc1ccc(F)cc1. The van der Waals surface area contributed by atoms with Gasteiger partial charge < -0.3 is 10.5 Å². The molecule has 18 heavy (non-hydrogen) atoms. The van der Waals surface area contributed by atoms with Crippen molar-refractivity contribution in [3.63, 3.8) is 0 Å². The Morgan fingerprint density at radius 3 is 2.50 bits per heavy atom. The van der Waals surface area contributed by atoms with Crippen LogP contribution in [0.1, 0.15) is 17.2 Å². The molecule has 92 valence electrons. The van der Waals surface area contributed by atoms with E-state index in [1.807, 2.05) is 18.2 Å². The number of hydrogen-bond donors (Lipinski definition) is 1. The van der Waals surface area contributed by atoms with Gasteiger partial charge in [-0.3, -0.25) is 0 Å². The summed E-state index contributed by atoms with van der Waals surface area (Å²) in [7, 11) is 0. The number of nitrogens with two attached hydrogens (primary N) is 1. The van der Waals surface area contributed by atoms with Crippen LogP contribution in [0.3, 0.4) is 0 Å². The lowest BCUT2D eigenvalue weighted by molar-refractivity contribution is 0.185. The molecule has 0 aromatic heterocycles. The summed E-state index contributed by atoms with van der Waals surface area (Å²) < 4.78 is 18.6. The van der Waals surface area contributed by atoms with E-state index in [9.17, 15) is 4.39 Å². The van der Waals surface area contributed by atoms with E-state index in [1.165, 1.54) is 17.7 Å². The first-order valence-electron chi connectivity index (χ1n) is 5.99. The highest BCUT2D eigenvalue weighted by molar-refractivity contribution is 5.37. The average molecular weight is 243 g/mol. The van der Waals surface area contributed by atoms with Gasteiger partial charge >= 0.3 is 0 Å². The van der Waals surface area contributed by atoms with E-state index in [4.69, 9.17) is 10.5 Å². The van der Waals surface area contributed by atoms with Crippen LogP contribution >= 0.6 is 0 Å². The van der Waals surface area contributed by atoms with Crippen LogP contribution in [0.5, 0.6) is 5.75 Å². The van der Waals surface area contributed by atoms with Crippen molar-refractivity contribution >= 4 is 0 Å². The van der Waals surface area contributed by atoms with Crippen molar-refractivity contribution in [2.45, 2.75) is 18.6 Å². The maximum atomic E-state index is 12.8. The molecular formula is C15H14FNO. The van der Waals surface area contributed by atoms with E-state index < -0.39 is 0 Å². The molecule has 0 fully saturated rings. The van der Waals surface area contributed by atoms with Crippen molar-refractivity contribution in [1.82, 2.24) is 0 Å². The van der Waals surface area contributed by atoms with Gasteiger partial charge in [-0.2, -0.15) is 0 Å². The number of rotatable bonds is 2. The van der Waals surface area contributed by atoms with E-state index in [0.29, 0.717) is 5.75 Å². The number of ether oxygens (including phenoxy) is 1. The molecule has 2 unspecified atom stereocenters. The van der Waals surface area contributed by atoms with E-state index in [-0.39, 0.29) is 18.0 Å². The van der Waals surface area contributed by atoms with Crippen LogP contribution in [0, 0.1) is 5.82 Å². The molecule has 0 heterocycles. The van der Waals surface area contributed by atoms with Gasteiger partial charge in [-0.05, 0) is 35.4 Å². The second-order valence-corrected chi connectivity index (χ2v) is 4.54. The fourth-order valence-electron chi connectivity index (χ4n) is 2.39. The van der Waals surface area contributed by atoms with Gasteiger partial charge in [-0.25, -0.2) is 4.39 Å². The normalized spacial score (nSPS) is 21.7. The maximum absolute atomic E-state index is 12.8. The Labute approximate surface area is 105 Å². The topological polar surface area (TPSA) is 35.2 Å². The second-order valence-electron chi connectivity index (χ2n) is 4.54. The van der Waals surface area contributed by atoms with Gasteiger partial charge in [0.1, 0.15) is 17.7 Å². The lowest BCUT2D eigenvalue weighted by Crippen LogP contribution is -2.27. The summed E-state index contributed by atoms with van der Waals surface area (Å²) >= 11 is 0. The molecule has 1 aliphatic rings. The molecule has 3 heteroatoms. The third-order valence-corrected chi connectivity index (χ3v) is 3.34. The Morgan fingerprint density at radius 1 is 1.06 bits per heavy atom. The van der Waals surface area contributed by atoms with Gasteiger partial charge in [0.15, 0.2) is 0 Å². The standard InChI is InChI=1S/C15H14FNO/c16-11-5-7-12(8-6-11)18-14-9-10-3-1-2-4-13(10)15(14)17/h1-8,14-15H,9,17H2. The van der Waals surface area contributed by atoms with Crippen molar-refractivity contribution in [2.75, 3.05) is 0 Å². The largest absolute Gasteiger partial charge is 0.488 e. The molecule has 2 aromatic carbocycles. The highest BCUT2D eigenvalue weighted by atomic mass is 19.1. The van der Waals surface area contributed by atoms with Gasteiger partial charge in [0.05, 0.1) is 6.04 Å². The van der Waals surface area contributed by atoms with Crippen molar-refractivity contribution in [3.8, 4) is 5.75 Å². The van der Waals surface area contributed by atoms with Crippen molar-refractivity contribution in [3.05, 3.63) is 65.5 Å². The molecular weight excluding hydrogens is 229 g/mol. The summed E-state index contributed by atoms with van der Waals surface area (Å²) in [6, 6.07) is 14.0. The summed E-state index contributed by atoms with van der Waals surface area (Å²) in [6.45, 7) is 0. The molecule has 0 amide bonds. The minimum atomic E-state index is -0.263. The fourth-order valence-corrected chi connectivity index (χ4v) is 2.39. The molecule has 0 saturated carbocycles. The molecule has 2 N–H and O–H groups in total. The van der Waals surface area contributed by atoms with E-state index >= 15 is 0 Å². The quantitative estimate of drug-likeness (QED) is 0.880. The lowest BCUT2D eigenvalue weighted by Gasteiger charge is -2.18. The second kappa shape index (κ2) is 4.42. The number of fused-ring (bicyclic) bond motifs is 1. The van der Waals surface area contributed by atoms with E-state index in [2.05, 4.69) is 6.07 Å². The number of halogens is 1. The maximum Gasteiger partial charge on any atom is 0.123 e. The zero-order chi connectivity index (χ0) is 12.5. The Hall–Kier alpha value is -1.87. The summed E-state index contributed by atoms with van der Waals surface area (Å²) in [5, 5.41) is 0. The summed E-state index contributed by atoms with van der Waals surface area (Å²) in [6.07, 6.45) is 0.724. The van der Waals surface area contributed by atoms with Gasteiger partial charge in [0.25, 0.3) is 0 Å². The summed E-state index contributed by atoms with van der Waals surface area (Å²) in [5.74, 6) is 0.394. The fraction of sp³-hybridized carbons (Fsp3) is 0.200. The highest BCUT2D eigenvalue weighted by Crippen LogP contribution is 2.32. The average Bonchev–Trinajstić information content (AvgIpc) is 2.70. The molecule has 2 aromatic rings. The van der Waals surface area contributed by atoms with Crippen LogP contribution in [0.4, 0.5) is 4.39 Å². The monoisotopic (exact) mass is 243 g/mol. The van der Waals surface area contributed by atoms with Gasteiger partial charge in [0, 0.05) is 6.42 Å². The zero-order valence-electron chi connectivity index (χ0n) is 9.84. The predicted molar refractivity (Wildman–Crippen MR) is 67.9 cm³/mol. The zero-order valence-corrected chi connectivity index (χ0v) is 9.84. The predicted octanol–water partition coefficient (Wildman–Crippen LogP) is 2.83.